The number of halogens is 1. The number of nitrogens with zero attached hydrogens (tertiary/aromatic N) is 2. The average Bonchev–Trinajstić information content (AvgIpc) is 3.02. The molecular weight excluding hydrogens is 401 g/mol. The van der Waals surface area contributed by atoms with Gasteiger partial charge < -0.3 is 14.8 Å². The van der Waals surface area contributed by atoms with Gasteiger partial charge in [-0.2, -0.15) is 0 Å². The Balaban J connectivity index is 1.67. The molecule has 8 heteroatoms. The van der Waals surface area contributed by atoms with E-state index in [1.807, 2.05) is 0 Å². The second-order valence-corrected chi connectivity index (χ2v) is 7.30. The van der Waals surface area contributed by atoms with Crippen LogP contribution in [0, 0.1) is 5.82 Å². The number of nitrogens with one attached hydrogen (secondary N) is 1. The number of anilines is 1. The van der Waals surface area contributed by atoms with Crippen molar-refractivity contribution in [2.45, 2.75) is 0 Å². The molecule has 0 bridgehead atoms. The highest BCUT2D eigenvalue weighted by molar-refractivity contribution is 6.37. The highest BCUT2D eigenvalue weighted by atomic mass is 19.1. The Hall–Kier alpha value is -3.23. The van der Waals surface area contributed by atoms with Gasteiger partial charge in [-0.15, -0.1) is 0 Å². The Labute approximate surface area is 180 Å². The molecule has 2 aliphatic heterocycles. The minimum Gasteiger partial charge on any atom is -0.496 e. The van der Waals surface area contributed by atoms with Crippen molar-refractivity contribution >= 4 is 23.1 Å². The zero-order valence-electron chi connectivity index (χ0n) is 17.3. The van der Waals surface area contributed by atoms with Gasteiger partial charge in [-0.1, -0.05) is 24.3 Å². The molecule has 0 aliphatic carbocycles. The van der Waals surface area contributed by atoms with E-state index in [1.165, 1.54) is 24.1 Å². The third-order valence-electron chi connectivity index (χ3n) is 5.38. The summed E-state index contributed by atoms with van der Waals surface area (Å²) in [7, 11) is 1.51. The maximum Gasteiger partial charge on any atom is 0.278 e. The molecule has 0 unspecified atom stereocenters. The summed E-state index contributed by atoms with van der Waals surface area (Å²) in [5, 5.41) is 2.97. The normalized spacial score (nSPS) is 17.4. The predicted molar refractivity (Wildman–Crippen MR) is 114 cm³/mol. The third kappa shape index (κ3) is 4.45. The van der Waals surface area contributed by atoms with Crippen LogP contribution in [0.15, 0.2) is 54.2 Å². The van der Waals surface area contributed by atoms with Crippen LogP contribution in [0.2, 0.25) is 0 Å². The first-order valence-electron chi connectivity index (χ1n) is 10.1. The number of rotatable bonds is 7. The first-order valence-corrected chi connectivity index (χ1v) is 10.1. The lowest BCUT2D eigenvalue weighted by Crippen LogP contribution is -2.43. The molecule has 7 nitrogen and oxygen atoms in total. The lowest BCUT2D eigenvalue weighted by molar-refractivity contribution is -0.137. The number of carbonyl (C=O) groups excluding carboxylic acids is 2. The molecule has 2 heterocycles. The van der Waals surface area contributed by atoms with Gasteiger partial charge in [0.15, 0.2) is 0 Å². The number of benzene rings is 2. The van der Waals surface area contributed by atoms with Crippen LogP contribution in [-0.4, -0.2) is 68.1 Å². The van der Waals surface area contributed by atoms with Crippen molar-refractivity contribution in [1.82, 2.24) is 9.80 Å². The van der Waals surface area contributed by atoms with Crippen molar-refractivity contribution in [1.29, 1.82) is 0 Å². The number of hydrogen-bond donors (Lipinski definition) is 1. The molecule has 2 aliphatic rings. The second kappa shape index (κ2) is 9.28. The Morgan fingerprint density at radius 1 is 1.03 bits per heavy atom. The van der Waals surface area contributed by atoms with Crippen LogP contribution in [0.3, 0.4) is 0 Å². The quantitative estimate of drug-likeness (QED) is 0.687. The fourth-order valence-electron chi connectivity index (χ4n) is 3.77. The summed E-state index contributed by atoms with van der Waals surface area (Å²) in [6.07, 6.45) is 0. The van der Waals surface area contributed by atoms with Crippen LogP contribution in [0.4, 0.5) is 10.1 Å². The molecule has 2 amide bonds. The molecule has 0 radical (unpaired) electrons. The summed E-state index contributed by atoms with van der Waals surface area (Å²) in [5.41, 5.74) is 1.23. The molecule has 2 aromatic rings. The van der Waals surface area contributed by atoms with Crippen molar-refractivity contribution in [2.75, 3.05) is 51.8 Å². The van der Waals surface area contributed by atoms with Gasteiger partial charge in [0.2, 0.25) is 0 Å². The first-order chi connectivity index (χ1) is 15.1. The van der Waals surface area contributed by atoms with Gasteiger partial charge >= 0.3 is 0 Å². The molecule has 4 rings (SSSR count). The number of methoxy groups -OCH3 is 1. The van der Waals surface area contributed by atoms with Gasteiger partial charge in [0.1, 0.15) is 17.3 Å². The zero-order valence-corrected chi connectivity index (χ0v) is 17.3. The standard InChI is InChI=1S/C23H24FN3O4/c1-30-19-8-3-2-7-18(19)20-21(25-17-6-4-5-16(24)15-17)23(29)27(22(20)28)10-9-26-11-13-31-14-12-26/h2-8,15,25H,9-14H2,1H3. The topological polar surface area (TPSA) is 71.1 Å². The van der Waals surface area contributed by atoms with E-state index in [0.29, 0.717) is 36.8 Å². The largest absolute Gasteiger partial charge is 0.496 e. The molecule has 0 aromatic heterocycles. The van der Waals surface area contributed by atoms with Crippen LogP contribution in [0.5, 0.6) is 5.75 Å². The molecule has 0 spiro atoms. The molecule has 1 fully saturated rings. The van der Waals surface area contributed by atoms with Gasteiger partial charge in [-0.3, -0.25) is 19.4 Å². The monoisotopic (exact) mass is 425 g/mol. The van der Waals surface area contributed by atoms with E-state index >= 15 is 0 Å². The van der Waals surface area contributed by atoms with Crippen molar-refractivity contribution in [3.8, 4) is 5.75 Å². The summed E-state index contributed by atoms with van der Waals surface area (Å²) < 4.78 is 24.5. The summed E-state index contributed by atoms with van der Waals surface area (Å²) in [5.74, 6) is -0.803. The SMILES string of the molecule is COc1ccccc1C1=C(Nc2cccc(F)c2)C(=O)N(CCN2CCOCC2)C1=O. The number of ether oxygens (including phenoxy) is 2. The summed E-state index contributed by atoms with van der Waals surface area (Å²) in [6, 6.07) is 12.8. The lowest BCUT2D eigenvalue weighted by atomic mass is 10.0. The van der Waals surface area contributed by atoms with Crippen molar-refractivity contribution in [2.24, 2.45) is 0 Å². The van der Waals surface area contributed by atoms with E-state index in [2.05, 4.69) is 10.2 Å². The summed E-state index contributed by atoms with van der Waals surface area (Å²) in [4.78, 5) is 30.0. The number of morpholine rings is 1. The van der Waals surface area contributed by atoms with E-state index in [-0.39, 0.29) is 17.8 Å². The fourth-order valence-corrected chi connectivity index (χ4v) is 3.77. The Bertz CT molecular complexity index is 1020. The smallest absolute Gasteiger partial charge is 0.278 e. The van der Waals surface area contributed by atoms with Crippen LogP contribution in [0.1, 0.15) is 5.56 Å². The minimum absolute atomic E-state index is 0.113. The Morgan fingerprint density at radius 3 is 2.55 bits per heavy atom. The Kier molecular flexibility index (Phi) is 6.29. The molecular formula is C23H24FN3O4. The predicted octanol–water partition coefficient (Wildman–Crippen LogP) is 2.36. The lowest BCUT2D eigenvalue weighted by Gasteiger charge is -2.28. The molecule has 0 saturated carbocycles. The number of para-hydroxylation sites is 1. The summed E-state index contributed by atoms with van der Waals surface area (Å²) >= 11 is 0. The van der Waals surface area contributed by atoms with Crippen LogP contribution >= 0.6 is 0 Å². The van der Waals surface area contributed by atoms with E-state index in [4.69, 9.17) is 9.47 Å². The zero-order chi connectivity index (χ0) is 21.8. The number of amides is 2. The first kappa shape index (κ1) is 21.0. The summed E-state index contributed by atoms with van der Waals surface area (Å²) in [6.45, 7) is 3.62. The second-order valence-electron chi connectivity index (χ2n) is 7.30. The molecule has 2 aromatic carbocycles. The van der Waals surface area contributed by atoms with Gasteiger partial charge in [-0.25, -0.2) is 4.39 Å². The maximum absolute atomic E-state index is 13.7. The minimum atomic E-state index is -0.441. The van der Waals surface area contributed by atoms with E-state index in [9.17, 15) is 14.0 Å². The van der Waals surface area contributed by atoms with E-state index < -0.39 is 17.6 Å². The highest BCUT2D eigenvalue weighted by Crippen LogP contribution is 2.35. The van der Waals surface area contributed by atoms with E-state index in [1.54, 1.807) is 36.4 Å². The van der Waals surface area contributed by atoms with Crippen molar-refractivity contribution < 1.29 is 23.5 Å². The van der Waals surface area contributed by atoms with Gasteiger partial charge in [0, 0.05) is 37.4 Å². The molecule has 1 N–H and O–H groups in total. The fraction of sp³-hybridized carbons (Fsp3) is 0.304. The van der Waals surface area contributed by atoms with E-state index in [0.717, 1.165) is 13.1 Å². The van der Waals surface area contributed by atoms with Gasteiger partial charge in [0.25, 0.3) is 11.8 Å². The van der Waals surface area contributed by atoms with Crippen LogP contribution < -0.4 is 10.1 Å². The molecule has 31 heavy (non-hydrogen) atoms. The van der Waals surface area contributed by atoms with Crippen molar-refractivity contribution in [3.63, 3.8) is 0 Å². The van der Waals surface area contributed by atoms with Gasteiger partial charge in [0.05, 0.1) is 25.9 Å². The van der Waals surface area contributed by atoms with Crippen molar-refractivity contribution in [3.05, 3.63) is 65.6 Å². The number of carbonyl (C=O) groups is 2. The average molecular weight is 425 g/mol. The van der Waals surface area contributed by atoms with Gasteiger partial charge in [-0.05, 0) is 24.3 Å². The van der Waals surface area contributed by atoms with Crippen LogP contribution in [-0.2, 0) is 14.3 Å². The maximum atomic E-state index is 13.7. The number of hydrogen-bond acceptors (Lipinski definition) is 6. The van der Waals surface area contributed by atoms with Crippen LogP contribution in [0.25, 0.3) is 5.57 Å². The Morgan fingerprint density at radius 2 is 1.81 bits per heavy atom. The molecule has 1 saturated heterocycles. The number of imide groups is 1. The molecule has 0 atom stereocenters. The molecule has 162 valence electrons. The highest BCUT2D eigenvalue weighted by Gasteiger charge is 2.40. The third-order valence-corrected chi connectivity index (χ3v) is 5.38.